The Kier molecular flexibility index (Phi) is 2.65. The van der Waals surface area contributed by atoms with Gasteiger partial charge in [-0.2, -0.15) is 0 Å². The first-order chi connectivity index (χ1) is 6.66. The SMILES string of the molecule is CC(C)Cc1nc2c(s1)C(=O)CNC2. The van der Waals surface area contributed by atoms with E-state index in [4.69, 9.17) is 0 Å². The molecule has 2 rings (SSSR count). The van der Waals surface area contributed by atoms with Crippen molar-refractivity contribution in [3.63, 3.8) is 0 Å². The maximum absolute atomic E-state index is 11.5. The van der Waals surface area contributed by atoms with Crippen molar-refractivity contribution in [3.8, 4) is 0 Å². The Morgan fingerprint density at radius 3 is 2.93 bits per heavy atom. The first kappa shape index (κ1) is 9.80. The van der Waals surface area contributed by atoms with Gasteiger partial charge in [-0.3, -0.25) is 4.79 Å². The van der Waals surface area contributed by atoms with E-state index in [9.17, 15) is 4.79 Å². The zero-order valence-corrected chi connectivity index (χ0v) is 9.28. The molecule has 1 aliphatic rings. The van der Waals surface area contributed by atoms with E-state index in [1.165, 1.54) is 0 Å². The maximum atomic E-state index is 11.5. The molecule has 0 saturated carbocycles. The number of nitrogens with zero attached hydrogens (tertiary/aromatic N) is 1. The first-order valence-electron chi connectivity index (χ1n) is 4.89. The van der Waals surface area contributed by atoms with Crippen molar-refractivity contribution in [1.82, 2.24) is 10.3 Å². The fraction of sp³-hybridized carbons (Fsp3) is 0.600. The zero-order chi connectivity index (χ0) is 10.1. The summed E-state index contributed by atoms with van der Waals surface area (Å²) in [6.07, 6.45) is 0.977. The lowest BCUT2D eigenvalue weighted by molar-refractivity contribution is 0.0986. The van der Waals surface area contributed by atoms with Crippen LogP contribution in [0, 0.1) is 5.92 Å². The molecule has 1 aliphatic heterocycles. The van der Waals surface area contributed by atoms with Gasteiger partial charge in [0.05, 0.1) is 22.1 Å². The molecule has 14 heavy (non-hydrogen) atoms. The fourth-order valence-corrected chi connectivity index (χ4v) is 2.78. The molecule has 0 aromatic carbocycles. The van der Waals surface area contributed by atoms with E-state index >= 15 is 0 Å². The average molecular weight is 210 g/mol. The summed E-state index contributed by atoms with van der Waals surface area (Å²) in [6.45, 7) is 5.55. The summed E-state index contributed by atoms with van der Waals surface area (Å²) in [5, 5.41) is 4.15. The van der Waals surface area contributed by atoms with Crippen LogP contribution in [0.3, 0.4) is 0 Å². The number of hydrogen-bond acceptors (Lipinski definition) is 4. The Morgan fingerprint density at radius 1 is 1.50 bits per heavy atom. The second-order valence-corrected chi connectivity index (χ2v) is 5.09. The molecule has 0 radical (unpaired) electrons. The summed E-state index contributed by atoms with van der Waals surface area (Å²) < 4.78 is 0. The van der Waals surface area contributed by atoms with Crippen LogP contribution in [0.15, 0.2) is 0 Å². The van der Waals surface area contributed by atoms with Gasteiger partial charge in [0.25, 0.3) is 0 Å². The van der Waals surface area contributed by atoms with Gasteiger partial charge in [-0.1, -0.05) is 13.8 Å². The van der Waals surface area contributed by atoms with Crippen molar-refractivity contribution in [3.05, 3.63) is 15.6 Å². The van der Waals surface area contributed by atoms with Crippen LogP contribution in [-0.2, 0) is 13.0 Å². The molecule has 1 N–H and O–H groups in total. The van der Waals surface area contributed by atoms with Crippen LogP contribution >= 0.6 is 11.3 Å². The van der Waals surface area contributed by atoms with Gasteiger partial charge in [0, 0.05) is 13.0 Å². The largest absolute Gasteiger partial charge is 0.304 e. The Labute approximate surface area is 87.6 Å². The van der Waals surface area contributed by atoms with Gasteiger partial charge in [-0.25, -0.2) is 4.98 Å². The van der Waals surface area contributed by atoms with Crippen LogP contribution in [-0.4, -0.2) is 17.3 Å². The topological polar surface area (TPSA) is 42.0 Å². The fourth-order valence-electron chi connectivity index (χ4n) is 1.55. The molecule has 4 heteroatoms. The summed E-state index contributed by atoms with van der Waals surface area (Å²) in [6, 6.07) is 0. The van der Waals surface area contributed by atoms with Crippen molar-refractivity contribution >= 4 is 17.1 Å². The smallest absolute Gasteiger partial charge is 0.188 e. The number of nitrogens with one attached hydrogen (secondary N) is 1. The van der Waals surface area contributed by atoms with Crippen LogP contribution < -0.4 is 5.32 Å². The van der Waals surface area contributed by atoms with Gasteiger partial charge in [-0.15, -0.1) is 11.3 Å². The van der Waals surface area contributed by atoms with E-state index < -0.39 is 0 Å². The second kappa shape index (κ2) is 3.79. The van der Waals surface area contributed by atoms with Gasteiger partial charge in [-0.05, 0) is 5.92 Å². The quantitative estimate of drug-likeness (QED) is 0.806. The average Bonchev–Trinajstić information content (AvgIpc) is 2.47. The predicted octanol–water partition coefficient (Wildman–Crippen LogP) is 1.63. The third kappa shape index (κ3) is 1.86. The molecular weight excluding hydrogens is 196 g/mol. The van der Waals surface area contributed by atoms with Crippen LogP contribution in [0.2, 0.25) is 0 Å². The zero-order valence-electron chi connectivity index (χ0n) is 8.46. The van der Waals surface area contributed by atoms with Gasteiger partial charge in [0.2, 0.25) is 0 Å². The Bertz CT molecular complexity index is 357. The standard InChI is InChI=1S/C10H14N2OS/c1-6(2)3-9-12-7-4-11-5-8(13)10(7)14-9/h6,11H,3-5H2,1-2H3. The summed E-state index contributed by atoms with van der Waals surface area (Å²) in [4.78, 5) is 16.8. The molecule has 76 valence electrons. The van der Waals surface area contributed by atoms with Crippen molar-refractivity contribution in [2.75, 3.05) is 6.54 Å². The molecule has 0 unspecified atom stereocenters. The number of Topliss-reactive ketones (excluding diaryl/α,β-unsaturated/α-hetero) is 1. The molecule has 0 atom stereocenters. The van der Waals surface area contributed by atoms with Gasteiger partial charge in [0.15, 0.2) is 5.78 Å². The summed E-state index contributed by atoms with van der Waals surface area (Å²) >= 11 is 1.57. The Balaban J connectivity index is 2.26. The van der Waals surface area contributed by atoms with E-state index in [1.54, 1.807) is 11.3 Å². The lowest BCUT2D eigenvalue weighted by Crippen LogP contribution is -2.28. The number of thiazole rings is 1. The third-order valence-electron chi connectivity index (χ3n) is 2.16. The Morgan fingerprint density at radius 2 is 2.29 bits per heavy atom. The molecule has 1 aromatic heterocycles. The number of hydrogen-bond donors (Lipinski definition) is 1. The number of carbonyl (C=O) groups is 1. The van der Waals surface area contributed by atoms with Gasteiger partial charge >= 0.3 is 0 Å². The molecule has 0 bridgehead atoms. The normalized spacial score (nSPS) is 16.1. The molecule has 2 heterocycles. The maximum Gasteiger partial charge on any atom is 0.188 e. The van der Waals surface area contributed by atoms with E-state index in [1.807, 2.05) is 0 Å². The highest BCUT2D eigenvalue weighted by atomic mass is 32.1. The van der Waals surface area contributed by atoms with Crippen LogP contribution in [0.1, 0.15) is 34.2 Å². The lowest BCUT2D eigenvalue weighted by atomic mass is 10.1. The van der Waals surface area contributed by atoms with Gasteiger partial charge in [0.1, 0.15) is 0 Å². The highest BCUT2D eigenvalue weighted by Crippen LogP contribution is 2.23. The minimum atomic E-state index is 0.193. The summed E-state index contributed by atoms with van der Waals surface area (Å²) in [5.41, 5.74) is 0.946. The van der Waals surface area contributed by atoms with Crippen LogP contribution in [0.5, 0.6) is 0 Å². The highest BCUT2D eigenvalue weighted by molar-refractivity contribution is 7.13. The van der Waals surface area contributed by atoms with Crippen molar-refractivity contribution in [2.24, 2.45) is 5.92 Å². The molecule has 0 spiro atoms. The number of ketones is 1. The number of carbonyl (C=O) groups excluding carboxylic acids is 1. The van der Waals surface area contributed by atoms with Crippen molar-refractivity contribution < 1.29 is 4.79 Å². The predicted molar refractivity (Wildman–Crippen MR) is 56.7 cm³/mol. The first-order valence-corrected chi connectivity index (χ1v) is 5.71. The second-order valence-electron chi connectivity index (χ2n) is 4.01. The Hall–Kier alpha value is -0.740. The van der Waals surface area contributed by atoms with Gasteiger partial charge < -0.3 is 5.32 Å². The van der Waals surface area contributed by atoms with E-state index in [0.717, 1.165) is 28.5 Å². The molecule has 0 amide bonds. The third-order valence-corrected chi connectivity index (χ3v) is 3.32. The number of rotatable bonds is 2. The molecule has 0 aliphatic carbocycles. The molecular formula is C10H14N2OS. The van der Waals surface area contributed by atoms with E-state index in [0.29, 0.717) is 12.5 Å². The van der Waals surface area contributed by atoms with Crippen molar-refractivity contribution in [2.45, 2.75) is 26.8 Å². The summed E-state index contributed by atoms with van der Waals surface area (Å²) in [5.74, 6) is 0.796. The summed E-state index contributed by atoms with van der Waals surface area (Å²) in [7, 11) is 0. The molecule has 0 saturated heterocycles. The minimum absolute atomic E-state index is 0.193. The number of fused-ring (bicyclic) bond motifs is 1. The highest BCUT2D eigenvalue weighted by Gasteiger charge is 2.21. The van der Waals surface area contributed by atoms with E-state index in [2.05, 4.69) is 24.1 Å². The van der Waals surface area contributed by atoms with Crippen LogP contribution in [0.4, 0.5) is 0 Å². The monoisotopic (exact) mass is 210 g/mol. The van der Waals surface area contributed by atoms with Crippen LogP contribution in [0.25, 0.3) is 0 Å². The van der Waals surface area contributed by atoms with Crippen molar-refractivity contribution in [1.29, 1.82) is 0 Å². The molecule has 3 nitrogen and oxygen atoms in total. The molecule has 0 fully saturated rings. The lowest BCUT2D eigenvalue weighted by Gasteiger charge is -2.08. The minimum Gasteiger partial charge on any atom is -0.304 e. The molecule has 1 aromatic rings. The number of aromatic nitrogens is 1. The van der Waals surface area contributed by atoms with E-state index in [-0.39, 0.29) is 5.78 Å².